The zero-order chi connectivity index (χ0) is 18.9. The number of pyridine rings is 1. The number of aromatic nitrogens is 1. The fourth-order valence-corrected chi connectivity index (χ4v) is 3.88. The molecule has 4 nitrogen and oxygen atoms in total. The lowest BCUT2D eigenvalue weighted by Crippen LogP contribution is -2.32. The van der Waals surface area contributed by atoms with E-state index in [9.17, 15) is 23.2 Å². The van der Waals surface area contributed by atoms with Gasteiger partial charge in [0.2, 0.25) is 5.91 Å². The summed E-state index contributed by atoms with van der Waals surface area (Å²) in [6, 6.07) is 6.03. The Kier molecular flexibility index (Phi) is 5.25. The summed E-state index contributed by atoms with van der Waals surface area (Å²) in [6.07, 6.45) is -2.86. The number of nitrogens with one attached hydrogen (secondary N) is 1. The van der Waals surface area contributed by atoms with Crippen LogP contribution in [0.4, 0.5) is 13.2 Å². The number of nitriles is 1. The highest BCUT2D eigenvalue weighted by molar-refractivity contribution is 8.00. The number of nitrogens with zero attached hydrogens (tertiary/aromatic N) is 2. The summed E-state index contributed by atoms with van der Waals surface area (Å²) in [6.45, 7) is 1.59. The Labute approximate surface area is 156 Å². The fraction of sp³-hybridized carbons (Fsp3) is 0.353. The number of thiophene rings is 1. The first kappa shape index (κ1) is 18.7. The van der Waals surface area contributed by atoms with E-state index in [0.717, 1.165) is 30.7 Å². The molecule has 0 aliphatic heterocycles. The molecule has 0 aromatic carbocycles. The van der Waals surface area contributed by atoms with Gasteiger partial charge < -0.3 is 5.32 Å². The molecule has 0 saturated heterocycles. The molecule has 1 fully saturated rings. The van der Waals surface area contributed by atoms with Crippen molar-refractivity contribution in [3.63, 3.8) is 0 Å². The first-order valence-corrected chi connectivity index (χ1v) is 9.58. The lowest BCUT2D eigenvalue weighted by Gasteiger charge is -2.16. The molecule has 0 spiro atoms. The van der Waals surface area contributed by atoms with Crippen LogP contribution in [-0.2, 0) is 11.0 Å². The second kappa shape index (κ2) is 7.29. The third-order valence-electron chi connectivity index (χ3n) is 3.76. The van der Waals surface area contributed by atoms with E-state index in [4.69, 9.17) is 0 Å². The largest absolute Gasteiger partial charge is 0.417 e. The van der Waals surface area contributed by atoms with Crippen LogP contribution in [0.3, 0.4) is 0 Å². The van der Waals surface area contributed by atoms with Crippen LogP contribution in [0.5, 0.6) is 0 Å². The van der Waals surface area contributed by atoms with Crippen molar-refractivity contribution in [3.8, 4) is 16.6 Å². The van der Waals surface area contributed by atoms with Crippen molar-refractivity contribution < 1.29 is 18.0 Å². The summed E-state index contributed by atoms with van der Waals surface area (Å²) in [5.41, 5.74) is -1.44. The number of carbonyl (C=O) groups excluding carboxylic acids is 1. The summed E-state index contributed by atoms with van der Waals surface area (Å²) in [7, 11) is 0. The molecule has 3 rings (SSSR count). The van der Waals surface area contributed by atoms with E-state index in [1.54, 1.807) is 30.5 Å². The Morgan fingerprint density at radius 3 is 2.77 bits per heavy atom. The standard InChI is InChI=1S/C17H14F3N3OS2/c1-9(15(24)22-10-4-5-10)26-16-11(8-21)12(17(18,19)20)7-13(23-16)14-3-2-6-25-14/h2-3,6-7,9-10H,4-5H2,1H3,(H,22,24). The van der Waals surface area contributed by atoms with Gasteiger partial charge in [-0.3, -0.25) is 4.79 Å². The maximum absolute atomic E-state index is 13.4. The molecular formula is C17H14F3N3OS2. The third kappa shape index (κ3) is 4.19. The molecule has 1 aliphatic rings. The lowest BCUT2D eigenvalue weighted by atomic mass is 10.1. The number of carbonyl (C=O) groups is 1. The first-order valence-electron chi connectivity index (χ1n) is 7.83. The molecule has 9 heteroatoms. The lowest BCUT2D eigenvalue weighted by molar-refractivity contribution is -0.138. The quantitative estimate of drug-likeness (QED) is 0.757. The van der Waals surface area contributed by atoms with Crippen LogP contribution in [-0.4, -0.2) is 22.2 Å². The van der Waals surface area contributed by atoms with Crippen LogP contribution in [0.1, 0.15) is 30.9 Å². The van der Waals surface area contributed by atoms with Crippen LogP contribution in [0, 0.1) is 11.3 Å². The van der Waals surface area contributed by atoms with Crippen LogP contribution in [0.15, 0.2) is 28.6 Å². The summed E-state index contributed by atoms with van der Waals surface area (Å²) in [5.74, 6) is -0.265. The number of hydrogen-bond acceptors (Lipinski definition) is 5. The Morgan fingerprint density at radius 2 is 2.23 bits per heavy atom. The van der Waals surface area contributed by atoms with E-state index in [1.807, 2.05) is 0 Å². The van der Waals surface area contributed by atoms with Gasteiger partial charge in [-0.2, -0.15) is 18.4 Å². The van der Waals surface area contributed by atoms with Gasteiger partial charge in [0.25, 0.3) is 0 Å². The highest BCUT2D eigenvalue weighted by atomic mass is 32.2. The van der Waals surface area contributed by atoms with Crippen molar-refractivity contribution in [2.45, 2.75) is 42.3 Å². The average Bonchev–Trinajstić information content (AvgIpc) is 3.22. The maximum atomic E-state index is 13.4. The summed E-state index contributed by atoms with van der Waals surface area (Å²) >= 11 is 2.13. The van der Waals surface area contributed by atoms with E-state index in [2.05, 4.69) is 10.3 Å². The molecule has 1 N–H and O–H groups in total. The maximum Gasteiger partial charge on any atom is 0.417 e. The predicted molar refractivity (Wildman–Crippen MR) is 93.8 cm³/mol. The van der Waals surface area contributed by atoms with Crippen molar-refractivity contribution in [3.05, 3.63) is 34.7 Å². The monoisotopic (exact) mass is 397 g/mol. The highest BCUT2D eigenvalue weighted by Crippen LogP contribution is 2.39. The number of halogens is 3. The Bertz CT molecular complexity index is 855. The number of thioether (sulfide) groups is 1. The highest BCUT2D eigenvalue weighted by Gasteiger charge is 2.37. The van der Waals surface area contributed by atoms with Gasteiger partial charge in [0.1, 0.15) is 11.1 Å². The van der Waals surface area contributed by atoms with Crippen LogP contribution >= 0.6 is 23.1 Å². The van der Waals surface area contributed by atoms with Gasteiger partial charge in [0, 0.05) is 6.04 Å². The summed E-state index contributed by atoms with van der Waals surface area (Å²) in [5, 5.41) is 13.1. The molecule has 1 atom stereocenters. The molecule has 2 heterocycles. The number of rotatable bonds is 5. The Hall–Kier alpha value is -2.05. The van der Waals surface area contributed by atoms with Crippen molar-refractivity contribution in [2.24, 2.45) is 0 Å². The second-order valence-corrected chi connectivity index (χ2v) is 8.14. The molecule has 0 radical (unpaired) electrons. The molecule has 2 aromatic rings. The van der Waals surface area contributed by atoms with Gasteiger partial charge in [-0.25, -0.2) is 4.98 Å². The van der Waals surface area contributed by atoms with E-state index in [-0.39, 0.29) is 22.7 Å². The van der Waals surface area contributed by atoms with E-state index in [1.165, 1.54) is 11.3 Å². The molecule has 0 bridgehead atoms. The SMILES string of the molecule is CC(Sc1nc(-c2cccs2)cc(C(F)(F)F)c1C#N)C(=O)NC1CC1. The van der Waals surface area contributed by atoms with Crippen molar-refractivity contribution in [2.75, 3.05) is 0 Å². The minimum Gasteiger partial charge on any atom is -0.352 e. The van der Waals surface area contributed by atoms with E-state index < -0.39 is 22.6 Å². The number of alkyl halides is 3. The normalized spacial score (nSPS) is 15.3. The molecule has 1 saturated carbocycles. The fourth-order valence-electron chi connectivity index (χ4n) is 2.26. The van der Waals surface area contributed by atoms with Gasteiger partial charge >= 0.3 is 6.18 Å². The molecule has 1 aliphatic carbocycles. The molecule has 136 valence electrons. The van der Waals surface area contributed by atoms with Gasteiger partial charge in [0.15, 0.2) is 0 Å². The van der Waals surface area contributed by atoms with Crippen LogP contribution in [0.25, 0.3) is 10.6 Å². The second-order valence-electron chi connectivity index (χ2n) is 5.87. The summed E-state index contributed by atoms with van der Waals surface area (Å²) < 4.78 is 40.3. The third-order valence-corrected chi connectivity index (χ3v) is 5.74. The minimum atomic E-state index is -4.69. The Balaban J connectivity index is 2.00. The molecule has 1 amide bonds. The van der Waals surface area contributed by atoms with Crippen molar-refractivity contribution in [1.29, 1.82) is 5.26 Å². The van der Waals surface area contributed by atoms with Gasteiger partial charge in [-0.1, -0.05) is 17.8 Å². The predicted octanol–water partition coefficient (Wildman–Crippen LogP) is 4.46. The summed E-state index contributed by atoms with van der Waals surface area (Å²) in [4.78, 5) is 16.9. The van der Waals surface area contributed by atoms with Crippen molar-refractivity contribution >= 4 is 29.0 Å². The smallest absolute Gasteiger partial charge is 0.352 e. The van der Waals surface area contributed by atoms with Crippen LogP contribution < -0.4 is 5.32 Å². The van der Waals surface area contributed by atoms with E-state index in [0.29, 0.717) is 4.88 Å². The van der Waals surface area contributed by atoms with Gasteiger partial charge in [-0.15, -0.1) is 11.3 Å². The van der Waals surface area contributed by atoms with Gasteiger partial charge in [-0.05, 0) is 37.3 Å². The number of hydrogen-bond donors (Lipinski definition) is 1. The van der Waals surface area contributed by atoms with Crippen molar-refractivity contribution in [1.82, 2.24) is 10.3 Å². The van der Waals surface area contributed by atoms with Gasteiger partial charge in [0.05, 0.1) is 26.9 Å². The molecular weight excluding hydrogens is 383 g/mol. The molecule has 2 aromatic heterocycles. The topological polar surface area (TPSA) is 65.8 Å². The van der Waals surface area contributed by atoms with E-state index >= 15 is 0 Å². The first-order chi connectivity index (χ1) is 12.3. The number of amides is 1. The zero-order valence-electron chi connectivity index (χ0n) is 13.6. The zero-order valence-corrected chi connectivity index (χ0v) is 15.3. The Morgan fingerprint density at radius 1 is 1.50 bits per heavy atom. The molecule has 26 heavy (non-hydrogen) atoms. The van der Waals surface area contributed by atoms with Crippen LogP contribution in [0.2, 0.25) is 0 Å². The molecule has 1 unspecified atom stereocenters. The average molecular weight is 397 g/mol. The minimum absolute atomic E-state index is 0.0795.